The first kappa shape index (κ1) is 14.2. The third-order valence-corrected chi connectivity index (χ3v) is 3.13. The fourth-order valence-corrected chi connectivity index (χ4v) is 2.11. The number of aryl methyl sites for hydroxylation is 2. The van der Waals surface area contributed by atoms with Crippen LogP contribution in [0.15, 0.2) is 34.7 Å². The SMILES string of the molecule is COc1cccc(C)c1C(=O)NCCc1ccc(C)o1. The molecule has 20 heavy (non-hydrogen) atoms. The summed E-state index contributed by atoms with van der Waals surface area (Å²) in [7, 11) is 1.57. The van der Waals surface area contributed by atoms with Gasteiger partial charge < -0.3 is 14.5 Å². The molecule has 106 valence electrons. The average Bonchev–Trinajstić information content (AvgIpc) is 2.83. The molecule has 1 amide bonds. The van der Waals surface area contributed by atoms with E-state index < -0.39 is 0 Å². The predicted octanol–water partition coefficient (Wildman–Crippen LogP) is 2.88. The van der Waals surface area contributed by atoms with Gasteiger partial charge in [0.1, 0.15) is 17.3 Å². The van der Waals surface area contributed by atoms with Crippen molar-refractivity contribution >= 4 is 5.91 Å². The zero-order valence-corrected chi connectivity index (χ0v) is 12.0. The van der Waals surface area contributed by atoms with Gasteiger partial charge in [-0.05, 0) is 37.6 Å². The highest BCUT2D eigenvalue weighted by molar-refractivity contribution is 5.98. The molecule has 1 N–H and O–H groups in total. The molecule has 0 radical (unpaired) electrons. The lowest BCUT2D eigenvalue weighted by atomic mass is 10.1. The van der Waals surface area contributed by atoms with E-state index in [1.807, 2.05) is 38.1 Å². The molecule has 2 aromatic rings. The highest BCUT2D eigenvalue weighted by Gasteiger charge is 2.14. The molecule has 0 aliphatic rings. The summed E-state index contributed by atoms with van der Waals surface area (Å²) in [5, 5.41) is 2.89. The average molecular weight is 273 g/mol. The molecule has 0 unspecified atom stereocenters. The topological polar surface area (TPSA) is 51.5 Å². The van der Waals surface area contributed by atoms with Crippen molar-refractivity contribution in [1.29, 1.82) is 0 Å². The molecule has 0 saturated carbocycles. The summed E-state index contributed by atoms with van der Waals surface area (Å²) < 4.78 is 10.7. The van der Waals surface area contributed by atoms with Gasteiger partial charge in [0.15, 0.2) is 0 Å². The normalized spacial score (nSPS) is 10.3. The molecule has 0 saturated heterocycles. The summed E-state index contributed by atoms with van der Waals surface area (Å²) in [4.78, 5) is 12.2. The van der Waals surface area contributed by atoms with E-state index in [0.717, 1.165) is 17.1 Å². The number of ether oxygens (including phenoxy) is 1. The van der Waals surface area contributed by atoms with Crippen LogP contribution in [-0.2, 0) is 6.42 Å². The van der Waals surface area contributed by atoms with E-state index in [9.17, 15) is 4.79 Å². The highest BCUT2D eigenvalue weighted by atomic mass is 16.5. The highest BCUT2D eigenvalue weighted by Crippen LogP contribution is 2.21. The van der Waals surface area contributed by atoms with Gasteiger partial charge in [-0.2, -0.15) is 0 Å². The number of methoxy groups -OCH3 is 1. The summed E-state index contributed by atoms with van der Waals surface area (Å²) in [5.74, 6) is 2.23. The zero-order valence-electron chi connectivity index (χ0n) is 12.0. The quantitative estimate of drug-likeness (QED) is 0.911. The molecule has 1 aromatic carbocycles. The van der Waals surface area contributed by atoms with E-state index in [1.54, 1.807) is 13.2 Å². The number of benzene rings is 1. The largest absolute Gasteiger partial charge is 0.496 e. The lowest BCUT2D eigenvalue weighted by Crippen LogP contribution is -2.26. The van der Waals surface area contributed by atoms with Gasteiger partial charge in [0.05, 0.1) is 12.7 Å². The number of furan rings is 1. The van der Waals surface area contributed by atoms with Gasteiger partial charge >= 0.3 is 0 Å². The van der Waals surface area contributed by atoms with Gasteiger partial charge in [0, 0.05) is 13.0 Å². The summed E-state index contributed by atoms with van der Waals surface area (Å²) in [6.07, 6.45) is 0.674. The third-order valence-electron chi connectivity index (χ3n) is 3.13. The van der Waals surface area contributed by atoms with Crippen molar-refractivity contribution in [3.63, 3.8) is 0 Å². The Morgan fingerprint density at radius 3 is 2.70 bits per heavy atom. The Bertz CT molecular complexity index is 602. The standard InChI is InChI=1S/C16H19NO3/c1-11-5-4-6-14(19-3)15(11)16(18)17-10-9-13-8-7-12(2)20-13/h4-8H,9-10H2,1-3H3,(H,17,18). The molecule has 0 aliphatic heterocycles. The van der Waals surface area contributed by atoms with Crippen molar-refractivity contribution in [2.24, 2.45) is 0 Å². The van der Waals surface area contributed by atoms with Crippen molar-refractivity contribution in [3.8, 4) is 5.75 Å². The summed E-state index contributed by atoms with van der Waals surface area (Å²) in [6.45, 7) is 4.33. The lowest BCUT2D eigenvalue weighted by molar-refractivity contribution is 0.0950. The smallest absolute Gasteiger partial charge is 0.255 e. The van der Waals surface area contributed by atoms with Gasteiger partial charge in [-0.15, -0.1) is 0 Å². The maximum Gasteiger partial charge on any atom is 0.255 e. The minimum Gasteiger partial charge on any atom is -0.496 e. The Labute approximate surface area is 118 Å². The lowest BCUT2D eigenvalue weighted by Gasteiger charge is -2.11. The van der Waals surface area contributed by atoms with Crippen LogP contribution in [0.1, 0.15) is 27.4 Å². The second kappa shape index (κ2) is 6.28. The van der Waals surface area contributed by atoms with Gasteiger partial charge in [-0.3, -0.25) is 4.79 Å². The minimum absolute atomic E-state index is 0.122. The zero-order chi connectivity index (χ0) is 14.5. The molecular weight excluding hydrogens is 254 g/mol. The minimum atomic E-state index is -0.122. The summed E-state index contributed by atoms with van der Waals surface area (Å²) in [6, 6.07) is 9.40. The van der Waals surface area contributed by atoms with E-state index in [4.69, 9.17) is 9.15 Å². The summed E-state index contributed by atoms with van der Waals surface area (Å²) >= 11 is 0. The van der Waals surface area contributed by atoms with Crippen LogP contribution in [0.2, 0.25) is 0 Å². The molecule has 4 heteroatoms. The van der Waals surface area contributed by atoms with Crippen LogP contribution >= 0.6 is 0 Å². The first-order valence-corrected chi connectivity index (χ1v) is 6.59. The monoisotopic (exact) mass is 273 g/mol. The fourth-order valence-electron chi connectivity index (χ4n) is 2.11. The Morgan fingerprint density at radius 1 is 1.25 bits per heavy atom. The van der Waals surface area contributed by atoms with Gasteiger partial charge in [-0.1, -0.05) is 12.1 Å². The van der Waals surface area contributed by atoms with Crippen LogP contribution in [0.5, 0.6) is 5.75 Å². The van der Waals surface area contributed by atoms with E-state index in [1.165, 1.54) is 0 Å². The maximum atomic E-state index is 12.2. The van der Waals surface area contributed by atoms with Crippen LogP contribution in [0.4, 0.5) is 0 Å². The van der Waals surface area contributed by atoms with Crippen molar-refractivity contribution in [2.75, 3.05) is 13.7 Å². The maximum absolute atomic E-state index is 12.2. The molecule has 0 spiro atoms. The number of carbonyl (C=O) groups excluding carboxylic acids is 1. The second-order valence-corrected chi connectivity index (χ2v) is 4.67. The summed E-state index contributed by atoms with van der Waals surface area (Å²) in [5.41, 5.74) is 1.49. The van der Waals surface area contributed by atoms with Crippen molar-refractivity contribution < 1.29 is 13.9 Å². The molecule has 0 aliphatic carbocycles. The van der Waals surface area contributed by atoms with E-state index in [0.29, 0.717) is 24.3 Å². The van der Waals surface area contributed by atoms with E-state index in [2.05, 4.69) is 5.32 Å². The predicted molar refractivity (Wildman–Crippen MR) is 77.2 cm³/mol. The molecule has 0 fully saturated rings. The second-order valence-electron chi connectivity index (χ2n) is 4.67. The molecular formula is C16H19NO3. The third kappa shape index (κ3) is 3.20. The Kier molecular flexibility index (Phi) is 4.45. The van der Waals surface area contributed by atoms with E-state index in [-0.39, 0.29) is 5.91 Å². The van der Waals surface area contributed by atoms with Crippen LogP contribution < -0.4 is 10.1 Å². The van der Waals surface area contributed by atoms with E-state index >= 15 is 0 Å². The van der Waals surface area contributed by atoms with Gasteiger partial charge in [-0.25, -0.2) is 0 Å². The van der Waals surface area contributed by atoms with Crippen LogP contribution in [0.3, 0.4) is 0 Å². The van der Waals surface area contributed by atoms with Crippen LogP contribution in [0, 0.1) is 13.8 Å². The Hall–Kier alpha value is -2.23. The number of hydrogen-bond acceptors (Lipinski definition) is 3. The fraction of sp³-hybridized carbons (Fsp3) is 0.312. The molecule has 2 rings (SSSR count). The molecule has 0 bridgehead atoms. The van der Waals surface area contributed by atoms with Crippen molar-refractivity contribution in [1.82, 2.24) is 5.32 Å². The van der Waals surface area contributed by atoms with Gasteiger partial charge in [0.25, 0.3) is 5.91 Å². The van der Waals surface area contributed by atoms with Crippen molar-refractivity contribution in [3.05, 3.63) is 53.0 Å². The number of nitrogens with one attached hydrogen (secondary N) is 1. The van der Waals surface area contributed by atoms with Crippen molar-refractivity contribution in [2.45, 2.75) is 20.3 Å². The first-order valence-electron chi connectivity index (χ1n) is 6.59. The number of amides is 1. The molecule has 4 nitrogen and oxygen atoms in total. The van der Waals surface area contributed by atoms with Gasteiger partial charge in [0.2, 0.25) is 0 Å². The molecule has 1 aromatic heterocycles. The molecule has 1 heterocycles. The van der Waals surface area contributed by atoms with Crippen LogP contribution in [-0.4, -0.2) is 19.6 Å². The molecule has 0 atom stereocenters. The number of carbonyl (C=O) groups is 1. The first-order chi connectivity index (χ1) is 9.61. The Morgan fingerprint density at radius 2 is 2.05 bits per heavy atom. The van der Waals surface area contributed by atoms with Crippen LogP contribution in [0.25, 0.3) is 0 Å². The Balaban J connectivity index is 1.98. The number of hydrogen-bond donors (Lipinski definition) is 1. The number of rotatable bonds is 5.